The van der Waals surface area contributed by atoms with Crippen LogP contribution in [-0.4, -0.2) is 64.2 Å². The molecule has 0 saturated heterocycles. The van der Waals surface area contributed by atoms with Gasteiger partial charge in [0.15, 0.2) is 0 Å². The quantitative estimate of drug-likeness (QED) is 0.0184. The van der Waals surface area contributed by atoms with E-state index in [4.69, 9.17) is 56.7 Å². The predicted molar refractivity (Wildman–Crippen MR) is 245 cm³/mol. The van der Waals surface area contributed by atoms with Crippen LogP contribution in [0.1, 0.15) is 167 Å². The predicted octanol–water partition coefficient (Wildman–Crippen LogP) is 7.99. The summed E-state index contributed by atoms with van der Waals surface area (Å²) in [6.07, 6.45) is 21.5. The Labute approximate surface area is 408 Å². The molecule has 0 atom stereocenters. The van der Waals surface area contributed by atoms with E-state index in [1.54, 1.807) is 0 Å². The van der Waals surface area contributed by atoms with Gasteiger partial charge in [0.1, 0.15) is 5.75 Å². The summed E-state index contributed by atoms with van der Waals surface area (Å²) in [7, 11) is 0.216. The SMILES string of the molecule is CC(=O)O.CC(=O)O.CCCCCCc1cc(B(O)O)c(CCCCCC)cc1O[B]O.CCCCCCc1cc(N=[N+]=[N-])c(CCCCCC)cc1N=[N+]=[N-].CO.[Cu].[N-]=[N+]=[N-].[Na+]. The Morgan fingerprint density at radius 2 is 0.905 bits per heavy atom. The smallest absolute Gasteiger partial charge is 0.537 e. The minimum Gasteiger partial charge on any atom is -0.537 e. The van der Waals surface area contributed by atoms with Crippen molar-refractivity contribution < 1.29 is 91.3 Å². The zero-order valence-corrected chi connectivity index (χ0v) is 41.8. The standard InChI is InChI=1S/C18H31B2O4.C18H28N6.2C2H4O2.CH4O.Cu.N3.Na/c1-3-5-7-9-11-15-14-18(24-19-21)16(12-10-8-6-4-2)13-17(15)20(22)23;1-3-5-7-9-11-15-13-18(22-24-20)16(12-10-8-6-4-2)14-17(15)21-23-19;2*1-2(3)4;1-2;;1-3-2;/h13-14,21-23H,3-12H2,1-2H3;13-14H,3-12H2,1-2H3;2*1H3,(H,3,4);2H,1H3;;;/q;;;;;;-1;+1. The summed E-state index contributed by atoms with van der Waals surface area (Å²) in [4.78, 5) is 25.4. The van der Waals surface area contributed by atoms with Crippen molar-refractivity contribution in [2.45, 2.75) is 170 Å². The fourth-order valence-electron chi connectivity index (χ4n) is 5.82. The second-order valence-electron chi connectivity index (χ2n) is 13.6. The third-order valence-corrected chi connectivity index (χ3v) is 8.56. The normalized spacial score (nSPS) is 8.94. The van der Waals surface area contributed by atoms with Gasteiger partial charge in [0.2, 0.25) is 0 Å². The third kappa shape index (κ3) is 43.6. The fourth-order valence-corrected chi connectivity index (χ4v) is 5.82. The Hall–Kier alpha value is -3.40. The van der Waals surface area contributed by atoms with Crippen LogP contribution in [0.2, 0.25) is 0 Å². The number of rotatable bonds is 25. The summed E-state index contributed by atoms with van der Waals surface area (Å²) in [6.45, 7) is 10.9. The Bertz CT molecular complexity index is 1510. The second kappa shape index (κ2) is 52.9. The Kier molecular flexibility index (Phi) is 59.9. The maximum atomic E-state index is 9.72. The molecule has 0 aliphatic carbocycles. The van der Waals surface area contributed by atoms with Gasteiger partial charge in [0.25, 0.3) is 11.9 Å². The molecular weight excluding hydrogens is 871 g/mol. The molecule has 2 rings (SSSR count). The summed E-state index contributed by atoms with van der Waals surface area (Å²) in [5.74, 6) is -1.05. The van der Waals surface area contributed by atoms with Crippen LogP contribution in [0.25, 0.3) is 36.9 Å². The van der Waals surface area contributed by atoms with Crippen LogP contribution < -0.4 is 39.7 Å². The number of hydrogen-bond acceptors (Lipinski definition) is 9. The van der Waals surface area contributed by atoms with Crippen LogP contribution in [-0.2, 0) is 52.3 Å². The molecule has 0 saturated carbocycles. The monoisotopic (exact) mass is 941 g/mol. The number of azide groups is 2. The first-order chi connectivity index (χ1) is 29.3. The van der Waals surface area contributed by atoms with Crippen LogP contribution in [0.3, 0.4) is 0 Å². The van der Waals surface area contributed by atoms with Gasteiger partial charge in [-0.05, 0) is 108 Å². The van der Waals surface area contributed by atoms with E-state index >= 15 is 0 Å². The number of unbranched alkanes of at least 4 members (excludes halogenated alkanes) is 12. The van der Waals surface area contributed by atoms with Gasteiger partial charge in [-0.25, -0.2) is 0 Å². The number of benzene rings is 2. The van der Waals surface area contributed by atoms with Crippen molar-refractivity contribution >= 4 is 43.6 Å². The molecule has 63 heavy (non-hydrogen) atoms. The zero-order valence-electron chi connectivity index (χ0n) is 38.8. The molecule has 352 valence electrons. The molecule has 2 aromatic carbocycles. The van der Waals surface area contributed by atoms with Crippen LogP contribution in [0.4, 0.5) is 11.4 Å². The Morgan fingerprint density at radius 1 is 0.603 bits per heavy atom. The molecule has 0 aromatic heterocycles. The molecular formula is C41H71B2CuN9NaO9. The van der Waals surface area contributed by atoms with Crippen LogP contribution in [0, 0.1) is 0 Å². The number of aliphatic hydroxyl groups is 1. The zero-order chi connectivity index (χ0) is 47.3. The summed E-state index contributed by atoms with van der Waals surface area (Å²) in [6, 6.07) is 7.49. The first-order valence-electron chi connectivity index (χ1n) is 21.0. The van der Waals surface area contributed by atoms with Crippen LogP contribution in [0.5, 0.6) is 5.75 Å². The maximum Gasteiger partial charge on any atom is 1.00 e. The number of hydrogen-bond donors (Lipinski definition) is 6. The van der Waals surface area contributed by atoms with E-state index in [0.29, 0.717) is 30.3 Å². The van der Waals surface area contributed by atoms with Gasteiger partial charge in [-0.2, -0.15) is 0 Å². The molecule has 0 aliphatic heterocycles. The van der Waals surface area contributed by atoms with E-state index in [1.165, 1.54) is 56.3 Å². The van der Waals surface area contributed by atoms with Crippen molar-refractivity contribution in [2.24, 2.45) is 10.2 Å². The molecule has 2 aromatic rings. The van der Waals surface area contributed by atoms with Gasteiger partial charge >= 0.3 is 44.4 Å². The first-order valence-corrected chi connectivity index (χ1v) is 21.0. The van der Waals surface area contributed by atoms with Crippen molar-refractivity contribution in [1.29, 1.82) is 0 Å². The van der Waals surface area contributed by atoms with E-state index in [2.05, 4.69) is 47.7 Å². The van der Waals surface area contributed by atoms with E-state index in [9.17, 15) is 10.0 Å². The molecule has 2 radical (unpaired) electrons. The number of aliphatic carboxylic acids is 2. The van der Waals surface area contributed by atoms with E-state index in [1.807, 2.05) is 24.3 Å². The third-order valence-electron chi connectivity index (χ3n) is 8.56. The summed E-state index contributed by atoms with van der Waals surface area (Å²) in [5.41, 5.74) is 36.8. The van der Waals surface area contributed by atoms with E-state index in [-0.39, 0.29) is 46.6 Å². The molecule has 22 heteroatoms. The van der Waals surface area contributed by atoms with Gasteiger partial charge in [-0.3, -0.25) is 14.5 Å². The van der Waals surface area contributed by atoms with Gasteiger partial charge in [-0.1, -0.05) is 121 Å². The average molecular weight is 942 g/mol. The van der Waals surface area contributed by atoms with Crippen molar-refractivity contribution in [3.8, 4) is 5.75 Å². The minimum absolute atomic E-state index is 0. The van der Waals surface area contributed by atoms with E-state index < -0.39 is 19.1 Å². The van der Waals surface area contributed by atoms with E-state index in [0.717, 1.165) is 120 Å². The molecule has 18 nitrogen and oxygen atoms in total. The van der Waals surface area contributed by atoms with Crippen LogP contribution in [0.15, 0.2) is 34.5 Å². The fraction of sp³-hybridized carbons (Fsp3) is 0.659. The van der Waals surface area contributed by atoms with Gasteiger partial charge in [-0.15, -0.1) is 0 Å². The molecule has 0 fully saturated rings. The minimum atomic E-state index is -1.48. The number of carboxylic acids is 2. The largest absolute Gasteiger partial charge is 1.00 e. The first kappa shape index (κ1) is 71.2. The number of aliphatic hydroxyl groups excluding tert-OH is 1. The van der Waals surface area contributed by atoms with Crippen molar-refractivity contribution in [3.63, 3.8) is 0 Å². The molecule has 0 unspecified atom stereocenters. The number of carbonyl (C=O) groups is 2. The molecule has 0 heterocycles. The molecule has 0 spiro atoms. The molecule has 0 aliphatic rings. The maximum absolute atomic E-state index is 9.72. The van der Waals surface area contributed by atoms with Gasteiger partial charge < -0.3 is 46.1 Å². The number of carboxylic acid groups (broad SMARTS) is 2. The number of aryl methyl sites for hydroxylation is 4. The number of nitrogens with zero attached hydrogens (tertiary/aromatic N) is 9. The Balaban J connectivity index is -0.000000197. The molecule has 0 bridgehead atoms. The average Bonchev–Trinajstić information content (AvgIpc) is 3.21. The van der Waals surface area contributed by atoms with Crippen molar-refractivity contribution in [3.05, 3.63) is 83.4 Å². The second-order valence-corrected chi connectivity index (χ2v) is 13.6. The van der Waals surface area contributed by atoms with Crippen LogP contribution >= 0.6 is 0 Å². The summed E-state index contributed by atoms with van der Waals surface area (Å²) >= 11 is 0. The summed E-state index contributed by atoms with van der Waals surface area (Å²) in [5, 5.41) is 58.0. The van der Waals surface area contributed by atoms with Crippen molar-refractivity contribution in [2.75, 3.05) is 7.11 Å². The summed E-state index contributed by atoms with van der Waals surface area (Å²) < 4.78 is 5.26. The molecule has 0 amide bonds. The van der Waals surface area contributed by atoms with Gasteiger partial charge in [0, 0.05) is 59.2 Å². The Morgan fingerprint density at radius 3 is 1.17 bits per heavy atom. The van der Waals surface area contributed by atoms with Gasteiger partial charge in [0.05, 0.1) is 0 Å². The molecule has 6 N–H and O–H groups in total. The van der Waals surface area contributed by atoms with Crippen molar-refractivity contribution in [1.82, 2.24) is 0 Å². The topological polar surface area (TPSA) is 321 Å².